The number of benzene rings is 2. The zero-order valence-electron chi connectivity index (χ0n) is 15.3. The summed E-state index contributed by atoms with van der Waals surface area (Å²) in [5.41, 5.74) is 0.450. The second-order valence-corrected chi connectivity index (χ2v) is 6.18. The Kier molecular flexibility index (Phi) is 5.12. The maximum atomic E-state index is 13.3. The number of hydrogen-bond donors (Lipinski definition) is 1. The Balaban J connectivity index is 1.53. The monoisotopic (exact) mass is 409 g/mol. The van der Waals surface area contributed by atoms with E-state index >= 15 is 0 Å². The van der Waals surface area contributed by atoms with Crippen molar-refractivity contribution in [2.45, 2.75) is 6.54 Å². The van der Waals surface area contributed by atoms with E-state index in [4.69, 9.17) is 4.52 Å². The lowest BCUT2D eigenvalue weighted by atomic mass is 10.2. The third-order valence-electron chi connectivity index (χ3n) is 4.04. The van der Waals surface area contributed by atoms with Crippen LogP contribution in [0.25, 0.3) is 23.0 Å². The number of halogens is 2. The Hall–Kier alpha value is -4.21. The van der Waals surface area contributed by atoms with Crippen LogP contribution >= 0.6 is 0 Å². The molecule has 0 unspecified atom stereocenters. The van der Waals surface area contributed by atoms with E-state index in [1.54, 1.807) is 0 Å². The predicted molar refractivity (Wildman–Crippen MR) is 102 cm³/mol. The minimum Gasteiger partial charge on any atom is -0.332 e. The molecule has 0 aliphatic carbocycles. The highest BCUT2D eigenvalue weighted by Crippen LogP contribution is 2.20. The Labute approximate surface area is 167 Å². The summed E-state index contributed by atoms with van der Waals surface area (Å²) >= 11 is 0. The third kappa shape index (κ3) is 4.12. The Morgan fingerprint density at radius 1 is 1.03 bits per heavy atom. The highest BCUT2D eigenvalue weighted by atomic mass is 19.2. The van der Waals surface area contributed by atoms with Gasteiger partial charge in [-0.2, -0.15) is 10.1 Å². The Morgan fingerprint density at radius 2 is 1.83 bits per heavy atom. The molecule has 2 aromatic carbocycles. The molecule has 2 heterocycles. The molecule has 8 nitrogen and oxygen atoms in total. The van der Waals surface area contributed by atoms with Crippen LogP contribution < -0.4 is 10.9 Å². The van der Waals surface area contributed by atoms with Gasteiger partial charge in [0.15, 0.2) is 11.6 Å². The lowest BCUT2D eigenvalue weighted by Crippen LogP contribution is -2.29. The number of nitrogens with one attached hydrogen (secondary N) is 1. The molecule has 0 radical (unpaired) electrons. The van der Waals surface area contributed by atoms with Gasteiger partial charge in [0.2, 0.25) is 11.7 Å². The van der Waals surface area contributed by atoms with Gasteiger partial charge in [-0.05, 0) is 18.2 Å². The van der Waals surface area contributed by atoms with Gasteiger partial charge in [-0.25, -0.2) is 13.5 Å². The molecule has 150 valence electrons. The molecule has 0 atom stereocenters. The van der Waals surface area contributed by atoms with E-state index in [9.17, 15) is 18.4 Å². The van der Waals surface area contributed by atoms with Crippen molar-refractivity contribution < 1.29 is 18.1 Å². The highest BCUT2D eigenvalue weighted by Gasteiger charge is 2.14. The summed E-state index contributed by atoms with van der Waals surface area (Å²) in [4.78, 5) is 28.5. The first-order chi connectivity index (χ1) is 14.5. The van der Waals surface area contributed by atoms with Gasteiger partial charge in [0, 0.05) is 23.4 Å². The van der Waals surface area contributed by atoms with Crippen LogP contribution in [0.1, 0.15) is 0 Å². The summed E-state index contributed by atoms with van der Waals surface area (Å²) in [6.45, 7) is -0.453. The van der Waals surface area contributed by atoms with Gasteiger partial charge in [-0.15, -0.1) is 0 Å². The van der Waals surface area contributed by atoms with Gasteiger partial charge in [-0.1, -0.05) is 35.5 Å². The SMILES string of the molecule is O=C(Cn1nc(-c2nc(-c3ccccc3)no2)ccc1=O)Nc1ccc(F)c(F)c1. The van der Waals surface area contributed by atoms with Crippen LogP contribution in [0.2, 0.25) is 0 Å². The molecule has 0 saturated carbocycles. The summed E-state index contributed by atoms with van der Waals surface area (Å²) in [6, 6.07) is 14.7. The van der Waals surface area contributed by atoms with Gasteiger partial charge < -0.3 is 9.84 Å². The van der Waals surface area contributed by atoms with E-state index in [1.807, 2.05) is 30.3 Å². The standard InChI is InChI=1S/C20H13F2N5O3/c21-14-7-6-13(10-15(14)22)23-17(28)11-27-18(29)9-8-16(25-27)20-24-19(26-30-20)12-4-2-1-3-5-12/h1-10H,11H2,(H,23,28). The third-order valence-corrected chi connectivity index (χ3v) is 4.04. The number of hydrogen-bond acceptors (Lipinski definition) is 6. The first kappa shape index (κ1) is 19.1. The fourth-order valence-electron chi connectivity index (χ4n) is 2.62. The Bertz CT molecular complexity index is 1270. The molecule has 0 bridgehead atoms. The minimum absolute atomic E-state index is 0.0486. The van der Waals surface area contributed by atoms with Crippen LogP contribution in [0.3, 0.4) is 0 Å². The number of amides is 1. The largest absolute Gasteiger partial charge is 0.332 e. The van der Waals surface area contributed by atoms with Crippen molar-refractivity contribution in [2.24, 2.45) is 0 Å². The molecule has 4 aromatic rings. The number of carbonyl (C=O) groups is 1. The van der Waals surface area contributed by atoms with Gasteiger partial charge in [-0.3, -0.25) is 9.59 Å². The smallest absolute Gasteiger partial charge is 0.278 e. The van der Waals surface area contributed by atoms with Crippen molar-refractivity contribution >= 4 is 11.6 Å². The number of anilines is 1. The summed E-state index contributed by atoms with van der Waals surface area (Å²) < 4.78 is 32.4. The molecule has 0 aliphatic heterocycles. The molecular weight excluding hydrogens is 396 g/mol. The van der Waals surface area contributed by atoms with Crippen LogP contribution in [0.4, 0.5) is 14.5 Å². The molecule has 0 spiro atoms. The summed E-state index contributed by atoms with van der Waals surface area (Å²) in [5.74, 6) is -2.36. The van der Waals surface area contributed by atoms with Crippen LogP contribution in [0, 0.1) is 11.6 Å². The average Bonchev–Trinajstić information content (AvgIpc) is 3.23. The highest BCUT2D eigenvalue weighted by molar-refractivity contribution is 5.90. The zero-order valence-corrected chi connectivity index (χ0v) is 15.3. The lowest BCUT2D eigenvalue weighted by molar-refractivity contribution is -0.117. The van der Waals surface area contributed by atoms with Crippen molar-refractivity contribution in [3.8, 4) is 23.0 Å². The maximum Gasteiger partial charge on any atom is 0.278 e. The van der Waals surface area contributed by atoms with E-state index in [1.165, 1.54) is 18.2 Å². The van der Waals surface area contributed by atoms with Crippen LogP contribution in [0.5, 0.6) is 0 Å². The normalized spacial score (nSPS) is 10.7. The molecule has 2 aromatic heterocycles. The quantitative estimate of drug-likeness (QED) is 0.544. The maximum absolute atomic E-state index is 13.3. The summed E-state index contributed by atoms with van der Waals surface area (Å²) in [7, 11) is 0. The van der Waals surface area contributed by atoms with E-state index in [0.29, 0.717) is 5.82 Å². The number of nitrogens with zero attached hydrogens (tertiary/aromatic N) is 4. The van der Waals surface area contributed by atoms with Gasteiger partial charge in [0.25, 0.3) is 11.4 Å². The average molecular weight is 409 g/mol. The van der Waals surface area contributed by atoms with Crippen molar-refractivity contribution in [2.75, 3.05) is 5.32 Å². The lowest BCUT2D eigenvalue weighted by Gasteiger charge is -2.07. The van der Waals surface area contributed by atoms with Crippen LogP contribution in [-0.2, 0) is 11.3 Å². The molecule has 0 saturated heterocycles. The molecule has 30 heavy (non-hydrogen) atoms. The van der Waals surface area contributed by atoms with E-state index < -0.39 is 29.6 Å². The first-order valence-electron chi connectivity index (χ1n) is 8.72. The van der Waals surface area contributed by atoms with Crippen molar-refractivity contribution in [1.82, 2.24) is 19.9 Å². The second kappa shape index (κ2) is 8.03. The van der Waals surface area contributed by atoms with Gasteiger partial charge >= 0.3 is 0 Å². The minimum atomic E-state index is -1.10. The van der Waals surface area contributed by atoms with Crippen molar-refractivity contribution in [1.29, 1.82) is 0 Å². The van der Waals surface area contributed by atoms with Gasteiger partial charge in [0.05, 0.1) is 0 Å². The van der Waals surface area contributed by atoms with Crippen LogP contribution in [-0.4, -0.2) is 25.8 Å². The first-order valence-corrected chi connectivity index (χ1v) is 8.72. The van der Waals surface area contributed by atoms with Crippen LogP contribution in [0.15, 0.2) is 70.0 Å². The second-order valence-electron chi connectivity index (χ2n) is 6.18. The molecule has 10 heteroatoms. The van der Waals surface area contributed by atoms with Gasteiger partial charge in [0.1, 0.15) is 12.2 Å². The molecular formula is C20H13F2N5O3. The predicted octanol–water partition coefficient (Wildman–Crippen LogP) is 2.88. The number of rotatable bonds is 5. The van der Waals surface area contributed by atoms with Crippen molar-refractivity contribution in [3.05, 3.63) is 82.7 Å². The molecule has 1 N–H and O–H groups in total. The summed E-state index contributed by atoms with van der Waals surface area (Å²) in [6.07, 6.45) is 0. The topological polar surface area (TPSA) is 103 Å². The number of carbonyl (C=O) groups excluding carboxylic acids is 1. The molecule has 1 amide bonds. The fourth-order valence-corrected chi connectivity index (χ4v) is 2.62. The van der Waals surface area contributed by atoms with E-state index in [-0.39, 0.29) is 17.3 Å². The zero-order chi connectivity index (χ0) is 21.1. The molecule has 4 rings (SSSR count). The van der Waals surface area contributed by atoms with E-state index in [2.05, 4.69) is 20.6 Å². The van der Waals surface area contributed by atoms with Crippen molar-refractivity contribution in [3.63, 3.8) is 0 Å². The summed E-state index contributed by atoms with van der Waals surface area (Å²) in [5, 5.41) is 10.3. The molecule has 0 fully saturated rings. The fraction of sp³-hybridized carbons (Fsp3) is 0.0500. The van der Waals surface area contributed by atoms with E-state index in [0.717, 1.165) is 22.4 Å². The Morgan fingerprint density at radius 3 is 2.60 bits per heavy atom. The molecule has 0 aliphatic rings. The number of aromatic nitrogens is 4.